The summed E-state index contributed by atoms with van der Waals surface area (Å²) in [5.74, 6) is 2.23. The molecule has 1 aromatic rings. The zero-order valence-corrected chi connectivity index (χ0v) is 12.0. The predicted molar refractivity (Wildman–Crippen MR) is 72.5 cm³/mol. The highest BCUT2D eigenvalue weighted by Gasteiger charge is 2.02. The van der Waals surface area contributed by atoms with Crippen molar-refractivity contribution in [2.24, 2.45) is 11.7 Å². The van der Waals surface area contributed by atoms with E-state index in [2.05, 4.69) is 34.6 Å². The van der Waals surface area contributed by atoms with Crippen LogP contribution in [0.4, 0.5) is 0 Å². The van der Waals surface area contributed by atoms with E-state index in [1.54, 1.807) is 6.26 Å². The third-order valence-corrected chi connectivity index (χ3v) is 1.54. The van der Waals surface area contributed by atoms with Crippen molar-refractivity contribution < 1.29 is 4.42 Å². The molecule has 2 N–H and O–H groups in total. The van der Waals surface area contributed by atoms with Crippen LogP contribution in [-0.2, 0) is 6.54 Å². The van der Waals surface area contributed by atoms with Gasteiger partial charge in [-0.05, 0) is 23.5 Å². The Morgan fingerprint density at radius 2 is 1.56 bits per heavy atom. The van der Waals surface area contributed by atoms with Crippen molar-refractivity contribution in [1.82, 2.24) is 0 Å². The molecule has 0 aliphatic rings. The molecule has 1 rings (SSSR count). The smallest absolute Gasteiger partial charge is 0.117 e. The van der Waals surface area contributed by atoms with Crippen LogP contribution >= 0.6 is 0 Å². The molecule has 0 saturated heterocycles. The highest BCUT2D eigenvalue weighted by atomic mass is 16.3. The monoisotopic (exact) mass is 227 g/mol. The van der Waals surface area contributed by atoms with Gasteiger partial charge in [-0.2, -0.15) is 0 Å². The molecule has 0 radical (unpaired) electrons. The Hall–Kier alpha value is -0.760. The van der Waals surface area contributed by atoms with Gasteiger partial charge in [0.1, 0.15) is 5.76 Å². The topological polar surface area (TPSA) is 39.2 Å². The summed E-state index contributed by atoms with van der Waals surface area (Å²) in [6.07, 6.45) is 1.77. The lowest BCUT2D eigenvalue weighted by Crippen LogP contribution is -1.93. The fourth-order valence-corrected chi connectivity index (χ4v) is 0.807. The fourth-order valence-electron chi connectivity index (χ4n) is 0.807. The number of rotatable bonds is 2. The summed E-state index contributed by atoms with van der Waals surface area (Å²) in [5, 5.41) is 0. The number of hydrogen-bond donors (Lipinski definition) is 1. The van der Waals surface area contributed by atoms with Gasteiger partial charge in [-0.3, -0.25) is 0 Å². The van der Waals surface area contributed by atoms with Crippen molar-refractivity contribution in [2.75, 3.05) is 0 Å². The third kappa shape index (κ3) is 9.78. The van der Waals surface area contributed by atoms with Crippen molar-refractivity contribution in [2.45, 2.75) is 60.9 Å². The van der Waals surface area contributed by atoms with Crippen molar-refractivity contribution >= 4 is 0 Å². The molecule has 0 unspecified atom stereocenters. The Balaban J connectivity index is 0. The molecular formula is C14H29NO. The van der Waals surface area contributed by atoms with Crippen LogP contribution in [0, 0.1) is 5.92 Å². The minimum Gasteiger partial charge on any atom is -0.468 e. The minimum atomic E-state index is 0.493. The molecular weight excluding hydrogens is 198 g/mol. The maximum Gasteiger partial charge on any atom is 0.117 e. The average Bonchev–Trinajstić information content (AvgIpc) is 2.68. The first-order chi connectivity index (χ1) is 7.47. The van der Waals surface area contributed by atoms with Crippen molar-refractivity contribution in [1.29, 1.82) is 0 Å². The van der Waals surface area contributed by atoms with Gasteiger partial charge in [0.25, 0.3) is 0 Å². The zero-order chi connectivity index (χ0) is 13.1. The van der Waals surface area contributed by atoms with Gasteiger partial charge in [-0.15, -0.1) is 0 Å². The molecule has 1 aromatic heterocycles. The van der Waals surface area contributed by atoms with Crippen LogP contribution in [0.2, 0.25) is 0 Å². The fraction of sp³-hybridized carbons (Fsp3) is 0.714. The summed E-state index contributed by atoms with van der Waals surface area (Å²) in [6.45, 7) is 15.3. The normalized spacial score (nSPS) is 9.38. The Bertz CT molecular complexity index is 236. The highest BCUT2D eigenvalue weighted by Crippen LogP contribution is 2.16. The Labute approximate surface area is 101 Å². The first-order valence-electron chi connectivity index (χ1n) is 6.24. The maximum absolute atomic E-state index is 5.37. The van der Waals surface area contributed by atoms with E-state index in [0.717, 1.165) is 11.7 Å². The number of furan rings is 1. The molecule has 0 aromatic carbocycles. The maximum atomic E-state index is 5.37. The van der Waals surface area contributed by atoms with E-state index in [-0.39, 0.29) is 0 Å². The standard InChI is InChI=1S/C8H13NO.C4H10.C2H6/c1-6(2)7-3-8(4-9)10-5-7;1-4(2)3;1-2/h3,5-6H,4,9H2,1-2H3;4H,1-3H3;1-2H3. The van der Waals surface area contributed by atoms with Gasteiger partial charge in [0, 0.05) is 0 Å². The van der Waals surface area contributed by atoms with Crippen LogP contribution in [-0.4, -0.2) is 0 Å². The molecule has 0 aliphatic heterocycles. The summed E-state index contributed by atoms with van der Waals surface area (Å²) in [4.78, 5) is 0. The van der Waals surface area contributed by atoms with Crippen LogP contribution < -0.4 is 5.73 Å². The summed E-state index contributed by atoms with van der Waals surface area (Å²) in [5.41, 5.74) is 6.59. The van der Waals surface area contributed by atoms with E-state index in [1.165, 1.54) is 5.56 Å². The molecule has 16 heavy (non-hydrogen) atoms. The molecule has 1 heterocycles. The molecule has 0 saturated carbocycles. The molecule has 0 bridgehead atoms. The summed E-state index contributed by atoms with van der Waals surface area (Å²) >= 11 is 0. The summed E-state index contributed by atoms with van der Waals surface area (Å²) < 4.78 is 5.15. The van der Waals surface area contributed by atoms with Gasteiger partial charge >= 0.3 is 0 Å². The van der Waals surface area contributed by atoms with Gasteiger partial charge in [0.15, 0.2) is 0 Å². The lowest BCUT2D eigenvalue weighted by molar-refractivity contribution is 0.509. The molecule has 0 aliphatic carbocycles. The Morgan fingerprint density at radius 3 is 1.75 bits per heavy atom. The molecule has 2 heteroatoms. The zero-order valence-electron chi connectivity index (χ0n) is 12.0. The van der Waals surface area contributed by atoms with Crippen molar-refractivity contribution in [3.63, 3.8) is 0 Å². The second kappa shape index (κ2) is 10.7. The largest absolute Gasteiger partial charge is 0.468 e. The van der Waals surface area contributed by atoms with Crippen LogP contribution in [0.25, 0.3) is 0 Å². The van der Waals surface area contributed by atoms with E-state index in [4.69, 9.17) is 10.2 Å². The average molecular weight is 227 g/mol. The Morgan fingerprint density at radius 1 is 1.12 bits per heavy atom. The van der Waals surface area contributed by atoms with Crippen LogP contribution in [0.1, 0.15) is 65.7 Å². The van der Waals surface area contributed by atoms with E-state index >= 15 is 0 Å². The quantitative estimate of drug-likeness (QED) is 0.805. The van der Waals surface area contributed by atoms with Gasteiger partial charge in [-0.25, -0.2) is 0 Å². The second-order valence-corrected chi connectivity index (χ2v) is 4.44. The van der Waals surface area contributed by atoms with Crippen molar-refractivity contribution in [3.8, 4) is 0 Å². The number of nitrogens with two attached hydrogens (primary N) is 1. The predicted octanol–water partition coefficient (Wildman–Crippen LogP) is 4.55. The van der Waals surface area contributed by atoms with Gasteiger partial charge in [-0.1, -0.05) is 48.5 Å². The van der Waals surface area contributed by atoms with Crippen LogP contribution in [0.5, 0.6) is 0 Å². The molecule has 0 fully saturated rings. The molecule has 96 valence electrons. The second-order valence-electron chi connectivity index (χ2n) is 4.44. The third-order valence-electron chi connectivity index (χ3n) is 1.54. The molecule has 0 spiro atoms. The van der Waals surface area contributed by atoms with Crippen LogP contribution in [0.3, 0.4) is 0 Å². The van der Waals surface area contributed by atoms with Crippen molar-refractivity contribution in [3.05, 3.63) is 23.7 Å². The molecule has 0 amide bonds. The lowest BCUT2D eigenvalue weighted by atomic mass is 10.1. The SMILES string of the molecule is CC.CC(C)C.CC(C)c1coc(CN)c1. The first kappa shape index (κ1) is 17.6. The van der Waals surface area contributed by atoms with Crippen LogP contribution in [0.15, 0.2) is 16.7 Å². The summed E-state index contributed by atoms with van der Waals surface area (Å²) in [7, 11) is 0. The lowest BCUT2D eigenvalue weighted by Gasteiger charge is -1.95. The van der Waals surface area contributed by atoms with Gasteiger partial charge < -0.3 is 10.2 Å². The van der Waals surface area contributed by atoms with Gasteiger partial charge in [0.05, 0.1) is 12.8 Å². The first-order valence-corrected chi connectivity index (χ1v) is 6.24. The number of hydrogen-bond acceptors (Lipinski definition) is 2. The van der Waals surface area contributed by atoms with E-state index in [0.29, 0.717) is 12.5 Å². The van der Waals surface area contributed by atoms with Gasteiger partial charge in [0.2, 0.25) is 0 Å². The summed E-state index contributed by atoms with van der Waals surface area (Å²) in [6, 6.07) is 2.00. The van der Waals surface area contributed by atoms with E-state index in [1.807, 2.05) is 19.9 Å². The molecule has 0 atom stereocenters. The van der Waals surface area contributed by atoms with E-state index < -0.39 is 0 Å². The minimum absolute atomic E-state index is 0.493. The molecule has 2 nitrogen and oxygen atoms in total. The Kier molecular flexibility index (Phi) is 11.8. The highest BCUT2D eigenvalue weighted by molar-refractivity contribution is 5.15. The van der Waals surface area contributed by atoms with E-state index in [9.17, 15) is 0 Å².